The maximum absolute atomic E-state index is 13.4. The van der Waals surface area contributed by atoms with Gasteiger partial charge in [-0.2, -0.15) is 0 Å². The Bertz CT molecular complexity index is 1330. The van der Waals surface area contributed by atoms with Gasteiger partial charge in [0.05, 0.1) is 11.1 Å². The molecule has 0 aromatic heterocycles. The van der Waals surface area contributed by atoms with Gasteiger partial charge in [-0.3, -0.25) is 4.79 Å². The summed E-state index contributed by atoms with van der Waals surface area (Å²) in [6.07, 6.45) is 7.61. The van der Waals surface area contributed by atoms with Crippen molar-refractivity contribution in [2.45, 2.75) is 84.0 Å². The number of hydrogen-bond acceptors (Lipinski definition) is 6. The van der Waals surface area contributed by atoms with Gasteiger partial charge >= 0.3 is 17.9 Å². The molecule has 2 aromatic carbocycles. The minimum absolute atomic E-state index is 0.0445. The van der Waals surface area contributed by atoms with Crippen molar-refractivity contribution in [1.29, 1.82) is 0 Å². The molecule has 8 atom stereocenters. The van der Waals surface area contributed by atoms with Crippen LogP contribution in [-0.4, -0.2) is 36.2 Å². The zero-order valence-electron chi connectivity index (χ0n) is 24.2. The smallest absolute Gasteiger partial charge is 0.338 e. The molecule has 41 heavy (non-hydrogen) atoms. The van der Waals surface area contributed by atoms with Crippen LogP contribution in [0.25, 0.3) is 0 Å². The molecule has 0 N–H and O–H groups in total. The Balaban J connectivity index is 1.32. The Kier molecular flexibility index (Phi) is 7.29. The number of carbonyl (C=O) groups is 3. The van der Waals surface area contributed by atoms with Crippen molar-refractivity contribution in [2.75, 3.05) is 0 Å². The molecule has 6 nitrogen and oxygen atoms in total. The number of esters is 3. The van der Waals surface area contributed by atoms with Crippen LogP contribution in [-0.2, 0) is 19.0 Å². The second kappa shape index (κ2) is 10.8. The van der Waals surface area contributed by atoms with Gasteiger partial charge < -0.3 is 14.2 Å². The van der Waals surface area contributed by atoms with Gasteiger partial charge in [0.1, 0.15) is 18.3 Å². The molecule has 4 aliphatic rings. The van der Waals surface area contributed by atoms with Crippen LogP contribution in [0, 0.1) is 28.6 Å². The van der Waals surface area contributed by atoms with E-state index in [0.29, 0.717) is 23.5 Å². The molecule has 0 bridgehead atoms. The Hall–Kier alpha value is -3.41. The number of fused-ring (bicyclic) bond motifs is 5. The molecule has 6 rings (SSSR count). The summed E-state index contributed by atoms with van der Waals surface area (Å²) in [6.45, 7) is 6.10. The fourth-order valence-electron chi connectivity index (χ4n) is 8.72. The maximum atomic E-state index is 13.4. The third-order valence-corrected chi connectivity index (χ3v) is 10.8. The summed E-state index contributed by atoms with van der Waals surface area (Å²) in [5.74, 6) is -0.135. The molecule has 3 unspecified atom stereocenters. The van der Waals surface area contributed by atoms with Gasteiger partial charge in [0.2, 0.25) is 0 Å². The first kappa shape index (κ1) is 27.7. The van der Waals surface area contributed by atoms with E-state index in [9.17, 15) is 14.4 Å². The van der Waals surface area contributed by atoms with Crippen molar-refractivity contribution >= 4 is 17.9 Å². The first-order valence-corrected chi connectivity index (χ1v) is 15.1. The van der Waals surface area contributed by atoms with Crippen LogP contribution >= 0.6 is 0 Å². The molecular weight excluding hydrogens is 516 g/mol. The third kappa shape index (κ3) is 5.00. The molecule has 0 amide bonds. The predicted octanol–water partition coefficient (Wildman–Crippen LogP) is 6.94. The van der Waals surface area contributed by atoms with Crippen LogP contribution in [0.4, 0.5) is 0 Å². The van der Waals surface area contributed by atoms with E-state index in [1.54, 1.807) is 24.3 Å². The van der Waals surface area contributed by atoms with Crippen molar-refractivity contribution in [2.24, 2.45) is 28.6 Å². The van der Waals surface area contributed by atoms with Gasteiger partial charge in [-0.15, -0.1) is 0 Å². The summed E-state index contributed by atoms with van der Waals surface area (Å²) < 4.78 is 18.2. The van der Waals surface area contributed by atoms with Crippen molar-refractivity contribution in [3.63, 3.8) is 0 Å². The van der Waals surface area contributed by atoms with E-state index in [1.165, 1.54) is 12.5 Å². The quantitative estimate of drug-likeness (QED) is 0.225. The number of carbonyl (C=O) groups excluding carboxylic acids is 3. The summed E-state index contributed by atoms with van der Waals surface area (Å²) in [6, 6.07) is 18.4. The summed E-state index contributed by atoms with van der Waals surface area (Å²) in [5.41, 5.74) is 2.12. The average molecular weight is 557 g/mol. The van der Waals surface area contributed by atoms with Crippen LogP contribution in [0.5, 0.6) is 0 Å². The Labute approximate surface area is 242 Å². The monoisotopic (exact) mass is 556 g/mol. The zero-order valence-corrected chi connectivity index (χ0v) is 24.2. The second-order valence-electron chi connectivity index (χ2n) is 13.0. The first-order valence-electron chi connectivity index (χ1n) is 15.1. The van der Waals surface area contributed by atoms with Crippen LogP contribution in [0.15, 0.2) is 72.3 Å². The summed E-state index contributed by atoms with van der Waals surface area (Å²) in [5, 5.41) is 0. The molecule has 6 heteroatoms. The number of rotatable bonds is 5. The molecule has 3 saturated carbocycles. The average Bonchev–Trinajstić information content (AvgIpc) is 3.30. The normalized spacial score (nSPS) is 35.6. The minimum Gasteiger partial charge on any atom is -0.462 e. The van der Waals surface area contributed by atoms with Gasteiger partial charge in [0, 0.05) is 24.7 Å². The van der Waals surface area contributed by atoms with E-state index >= 15 is 0 Å². The van der Waals surface area contributed by atoms with E-state index in [-0.39, 0.29) is 58.9 Å². The molecule has 0 spiro atoms. The van der Waals surface area contributed by atoms with Crippen molar-refractivity contribution in [3.05, 3.63) is 83.4 Å². The van der Waals surface area contributed by atoms with E-state index in [0.717, 1.165) is 38.5 Å². The lowest BCUT2D eigenvalue weighted by Crippen LogP contribution is -2.56. The van der Waals surface area contributed by atoms with Crippen molar-refractivity contribution < 1.29 is 28.6 Å². The number of benzene rings is 2. The molecule has 3 fully saturated rings. The van der Waals surface area contributed by atoms with Gasteiger partial charge in [-0.05, 0) is 86.1 Å². The highest BCUT2D eigenvalue weighted by molar-refractivity contribution is 5.90. The third-order valence-electron chi connectivity index (χ3n) is 10.8. The SMILES string of the molecule is CC(=O)O[C@H]1CC[C@@]2(C)C(=C[C@@H](OC(=O)c3ccccc3)C3C2CC[C@@]2(C)C3CC[C@@H]2OC(=O)c2ccccc2)C1. The van der Waals surface area contributed by atoms with Crippen LogP contribution in [0.3, 0.4) is 0 Å². The van der Waals surface area contributed by atoms with Crippen LogP contribution < -0.4 is 0 Å². The largest absolute Gasteiger partial charge is 0.462 e. The van der Waals surface area contributed by atoms with Gasteiger partial charge in [0.15, 0.2) is 0 Å². The topological polar surface area (TPSA) is 78.9 Å². The first-order chi connectivity index (χ1) is 19.7. The fourth-order valence-corrected chi connectivity index (χ4v) is 8.72. The molecule has 2 aromatic rings. The second-order valence-corrected chi connectivity index (χ2v) is 13.0. The van der Waals surface area contributed by atoms with Crippen molar-refractivity contribution in [1.82, 2.24) is 0 Å². The van der Waals surface area contributed by atoms with Gasteiger partial charge in [0.25, 0.3) is 0 Å². The molecule has 0 saturated heterocycles. The van der Waals surface area contributed by atoms with Gasteiger partial charge in [-0.25, -0.2) is 9.59 Å². The predicted molar refractivity (Wildman–Crippen MR) is 154 cm³/mol. The summed E-state index contributed by atoms with van der Waals surface area (Å²) in [7, 11) is 0. The molecule has 0 heterocycles. The zero-order chi connectivity index (χ0) is 28.8. The highest BCUT2D eigenvalue weighted by atomic mass is 16.6. The van der Waals surface area contributed by atoms with E-state index < -0.39 is 0 Å². The lowest BCUT2D eigenvalue weighted by molar-refractivity contribution is -0.149. The highest BCUT2D eigenvalue weighted by Crippen LogP contribution is 2.65. The standard InChI is InChI=1S/C35H40O6/c1-22(36)39-26-16-18-34(2)25(20-26)21-29(40-32(37)23-10-6-4-7-11-23)31-27-14-15-30(35(27,3)19-17-28(31)34)41-33(38)24-12-8-5-9-13-24/h4-13,21,26-31H,14-20H2,1-3H3/t26-,27?,28?,29+,30-,31?,34-,35-/m0/s1. The Morgan fingerprint density at radius 3 is 2.00 bits per heavy atom. The molecule has 0 aliphatic heterocycles. The summed E-state index contributed by atoms with van der Waals surface area (Å²) >= 11 is 0. The van der Waals surface area contributed by atoms with Crippen LogP contribution in [0.2, 0.25) is 0 Å². The molecule has 4 aliphatic carbocycles. The van der Waals surface area contributed by atoms with Crippen molar-refractivity contribution in [3.8, 4) is 0 Å². The van der Waals surface area contributed by atoms with E-state index in [4.69, 9.17) is 14.2 Å². The van der Waals surface area contributed by atoms with Crippen LogP contribution in [0.1, 0.15) is 86.4 Å². The molecule has 0 radical (unpaired) electrons. The Morgan fingerprint density at radius 2 is 1.37 bits per heavy atom. The maximum Gasteiger partial charge on any atom is 0.338 e. The van der Waals surface area contributed by atoms with E-state index in [1.807, 2.05) is 36.4 Å². The molecule has 216 valence electrons. The van der Waals surface area contributed by atoms with E-state index in [2.05, 4.69) is 19.9 Å². The Morgan fingerprint density at radius 1 is 0.732 bits per heavy atom. The lowest BCUT2D eigenvalue weighted by Gasteiger charge is -2.59. The van der Waals surface area contributed by atoms with Gasteiger partial charge in [-0.1, -0.05) is 55.8 Å². The minimum atomic E-state index is -0.389. The molecular formula is C35H40O6. The number of ether oxygens (including phenoxy) is 3. The number of hydrogen-bond donors (Lipinski definition) is 0. The highest BCUT2D eigenvalue weighted by Gasteiger charge is 2.62. The summed E-state index contributed by atoms with van der Waals surface area (Å²) in [4.78, 5) is 38.2. The lowest BCUT2D eigenvalue weighted by atomic mass is 9.47. The fraction of sp³-hybridized carbons (Fsp3) is 0.514.